The first-order chi connectivity index (χ1) is 13.0. The number of nitrogens with zero attached hydrogens (tertiary/aromatic N) is 1. The highest BCUT2D eigenvalue weighted by atomic mass is 19.2. The summed E-state index contributed by atoms with van der Waals surface area (Å²) in [7, 11) is 1.64. The molecule has 5 rings (SSSR count). The molecular weight excluding hydrogens is 332 g/mol. The van der Waals surface area contributed by atoms with Gasteiger partial charge in [0.2, 0.25) is 0 Å². The van der Waals surface area contributed by atoms with E-state index in [4.69, 9.17) is 6.11 Å². The van der Waals surface area contributed by atoms with Crippen molar-refractivity contribution in [2.45, 2.75) is 49.8 Å². The van der Waals surface area contributed by atoms with Crippen molar-refractivity contribution in [3.63, 3.8) is 0 Å². The standard InChI is InChI=1S/C22H23F2NO/c1-26-17-5-2-15(3-6-17)12-25-13-16-4-7-18(22(24)10-11-22)20(23)19(16)21(14-25)8-9-21/h2-7H,8-14H2,1H3/i13D. The molecule has 0 aromatic heterocycles. The van der Waals surface area contributed by atoms with Gasteiger partial charge in [0.05, 0.1) is 7.11 Å². The van der Waals surface area contributed by atoms with Gasteiger partial charge in [0, 0.05) is 37.5 Å². The van der Waals surface area contributed by atoms with Crippen molar-refractivity contribution >= 4 is 0 Å². The number of ether oxygens (including phenoxy) is 1. The van der Waals surface area contributed by atoms with Crippen LogP contribution in [0.1, 0.15) is 49.3 Å². The van der Waals surface area contributed by atoms with Crippen molar-refractivity contribution < 1.29 is 14.9 Å². The Balaban J connectivity index is 1.48. The fourth-order valence-corrected chi connectivity index (χ4v) is 4.30. The third kappa shape index (κ3) is 2.54. The van der Waals surface area contributed by atoms with Gasteiger partial charge in [-0.2, -0.15) is 0 Å². The molecule has 0 bridgehead atoms. The number of halogens is 2. The van der Waals surface area contributed by atoms with Crippen LogP contribution in [-0.4, -0.2) is 18.6 Å². The van der Waals surface area contributed by atoms with Gasteiger partial charge in [-0.25, -0.2) is 8.78 Å². The molecule has 26 heavy (non-hydrogen) atoms. The lowest BCUT2D eigenvalue weighted by molar-refractivity contribution is 0.208. The zero-order valence-corrected chi connectivity index (χ0v) is 14.9. The molecule has 1 spiro atoms. The molecular formula is C22H23F2NO. The minimum Gasteiger partial charge on any atom is -0.497 e. The lowest BCUT2D eigenvalue weighted by Gasteiger charge is -2.36. The summed E-state index contributed by atoms with van der Waals surface area (Å²) in [6.45, 7) is 0.655. The maximum Gasteiger partial charge on any atom is 0.139 e. The van der Waals surface area contributed by atoms with E-state index in [9.17, 15) is 4.39 Å². The van der Waals surface area contributed by atoms with E-state index in [1.165, 1.54) is 0 Å². The van der Waals surface area contributed by atoms with Gasteiger partial charge in [-0.3, -0.25) is 4.90 Å². The van der Waals surface area contributed by atoms with Gasteiger partial charge in [-0.15, -0.1) is 0 Å². The maximum absolute atomic E-state index is 15.3. The van der Waals surface area contributed by atoms with Gasteiger partial charge in [0.15, 0.2) is 0 Å². The number of rotatable bonds is 4. The molecule has 136 valence electrons. The van der Waals surface area contributed by atoms with E-state index in [2.05, 4.69) is 4.90 Å². The van der Waals surface area contributed by atoms with Crippen LogP contribution in [0.25, 0.3) is 0 Å². The van der Waals surface area contributed by atoms with Crippen LogP contribution in [0.2, 0.25) is 0 Å². The van der Waals surface area contributed by atoms with E-state index >= 15 is 4.39 Å². The Labute approximate surface area is 154 Å². The first kappa shape index (κ1) is 15.2. The minimum absolute atomic E-state index is 0.211. The summed E-state index contributed by atoms with van der Waals surface area (Å²) >= 11 is 0. The molecule has 1 unspecified atom stereocenters. The molecule has 2 aliphatic carbocycles. The normalized spacial score (nSPS) is 25.5. The third-order valence-corrected chi connectivity index (χ3v) is 6.10. The lowest BCUT2D eigenvalue weighted by Crippen LogP contribution is -2.38. The molecule has 0 saturated heterocycles. The number of hydrogen-bond acceptors (Lipinski definition) is 2. The van der Waals surface area contributed by atoms with E-state index in [1.54, 1.807) is 19.2 Å². The van der Waals surface area contributed by atoms with Crippen LogP contribution in [-0.2, 0) is 24.1 Å². The molecule has 2 saturated carbocycles. The van der Waals surface area contributed by atoms with E-state index in [0.717, 1.165) is 24.2 Å². The van der Waals surface area contributed by atoms with Gasteiger partial charge in [-0.1, -0.05) is 24.3 Å². The molecule has 2 fully saturated rings. The highest BCUT2D eigenvalue weighted by Crippen LogP contribution is 2.57. The Hall–Kier alpha value is -1.94. The van der Waals surface area contributed by atoms with E-state index in [-0.39, 0.29) is 16.8 Å². The first-order valence-corrected chi connectivity index (χ1v) is 9.27. The summed E-state index contributed by atoms with van der Waals surface area (Å²) < 4.78 is 43.8. The second-order valence-corrected chi connectivity index (χ2v) is 8.02. The summed E-state index contributed by atoms with van der Waals surface area (Å²) in [5.74, 6) is 0.421. The smallest absolute Gasteiger partial charge is 0.139 e. The van der Waals surface area contributed by atoms with Crippen LogP contribution in [0.4, 0.5) is 8.78 Å². The highest BCUT2D eigenvalue weighted by Gasteiger charge is 2.54. The van der Waals surface area contributed by atoms with Crippen molar-refractivity contribution in [2.24, 2.45) is 0 Å². The van der Waals surface area contributed by atoms with Crippen LogP contribution >= 0.6 is 0 Å². The monoisotopic (exact) mass is 356 g/mol. The molecule has 0 radical (unpaired) electrons. The molecule has 1 heterocycles. The fourth-order valence-electron chi connectivity index (χ4n) is 4.30. The van der Waals surface area contributed by atoms with Gasteiger partial charge in [0.25, 0.3) is 0 Å². The summed E-state index contributed by atoms with van der Waals surface area (Å²) in [6, 6.07) is 11.2. The number of hydrogen-bond donors (Lipinski definition) is 0. The fraction of sp³-hybridized carbons (Fsp3) is 0.455. The molecule has 4 heteroatoms. The molecule has 2 aromatic carbocycles. The molecule has 0 N–H and O–H groups in total. The molecule has 0 amide bonds. The molecule has 2 aromatic rings. The van der Waals surface area contributed by atoms with Gasteiger partial charge >= 0.3 is 0 Å². The average Bonchev–Trinajstić information content (AvgIpc) is 3.59. The van der Waals surface area contributed by atoms with Crippen LogP contribution in [0.3, 0.4) is 0 Å². The van der Waals surface area contributed by atoms with Crippen molar-refractivity contribution in [2.75, 3.05) is 13.7 Å². The average molecular weight is 356 g/mol. The zero-order chi connectivity index (χ0) is 18.8. The predicted octanol–water partition coefficient (Wildman–Crippen LogP) is 4.84. The van der Waals surface area contributed by atoms with E-state index in [0.29, 0.717) is 37.1 Å². The number of methoxy groups -OCH3 is 1. The van der Waals surface area contributed by atoms with Crippen LogP contribution in [0, 0.1) is 5.82 Å². The number of alkyl halides is 1. The van der Waals surface area contributed by atoms with Gasteiger partial charge in [-0.05, 0) is 48.9 Å². The predicted molar refractivity (Wildman–Crippen MR) is 96.4 cm³/mol. The van der Waals surface area contributed by atoms with E-state index in [1.807, 2.05) is 24.3 Å². The number of benzene rings is 2. The Morgan fingerprint density at radius 2 is 1.85 bits per heavy atom. The summed E-state index contributed by atoms with van der Waals surface area (Å²) in [4.78, 5) is 2.10. The number of fused-ring (bicyclic) bond motifs is 2. The maximum atomic E-state index is 15.3. The Morgan fingerprint density at radius 3 is 2.46 bits per heavy atom. The van der Waals surface area contributed by atoms with Crippen molar-refractivity contribution in [3.8, 4) is 5.75 Å². The summed E-state index contributed by atoms with van der Waals surface area (Å²) in [5.41, 5.74) is 0.915. The van der Waals surface area contributed by atoms with Crippen molar-refractivity contribution in [1.29, 1.82) is 0 Å². The Kier molecular flexibility index (Phi) is 3.22. The van der Waals surface area contributed by atoms with Crippen LogP contribution in [0.5, 0.6) is 5.75 Å². The van der Waals surface area contributed by atoms with Gasteiger partial charge < -0.3 is 4.74 Å². The Bertz CT molecular complexity index is 890. The Morgan fingerprint density at radius 1 is 1.12 bits per heavy atom. The lowest BCUT2D eigenvalue weighted by atomic mass is 9.84. The minimum atomic E-state index is -1.48. The second kappa shape index (κ2) is 5.53. The summed E-state index contributed by atoms with van der Waals surface area (Å²) in [6.07, 6.45) is 2.63. The highest BCUT2D eigenvalue weighted by molar-refractivity contribution is 5.47. The summed E-state index contributed by atoms with van der Waals surface area (Å²) in [5, 5.41) is 0. The quantitative estimate of drug-likeness (QED) is 0.777. The third-order valence-electron chi connectivity index (χ3n) is 6.10. The van der Waals surface area contributed by atoms with Crippen molar-refractivity contribution in [1.82, 2.24) is 4.90 Å². The molecule has 2 nitrogen and oxygen atoms in total. The topological polar surface area (TPSA) is 12.5 Å². The van der Waals surface area contributed by atoms with Gasteiger partial charge in [0.1, 0.15) is 17.2 Å². The second-order valence-electron chi connectivity index (χ2n) is 8.02. The van der Waals surface area contributed by atoms with Crippen molar-refractivity contribution in [3.05, 3.63) is 64.5 Å². The SMILES string of the molecule is [2H]C1c2ccc(C3(F)CC3)c(F)c2C2(CC2)CN1Cc1ccc(OC)cc1. The van der Waals surface area contributed by atoms with Crippen LogP contribution < -0.4 is 4.74 Å². The molecule has 3 aliphatic rings. The first-order valence-electron chi connectivity index (χ1n) is 9.85. The zero-order valence-electron chi connectivity index (χ0n) is 15.9. The van der Waals surface area contributed by atoms with E-state index < -0.39 is 12.2 Å². The molecule has 1 aliphatic heterocycles. The molecule has 1 atom stereocenters. The largest absolute Gasteiger partial charge is 0.497 e. The van der Waals surface area contributed by atoms with Crippen LogP contribution in [0.15, 0.2) is 36.4 Å².